The van der Waals surface area contributed by atoms with Gasteiger partial charge >= 0.3 is 5.97 Å². The van der Waals surface area contributed by atoms with Crippen molar-refractivity contribution in [1.29, 1.82) is 0 Å². The fourth-order valence-electron chi connectivity index (χ4n) is 1.73. The fraction of sp³-hybridized carbons (Fsp3) is 0. The molecule has 3 heteroatoms. The zero-order valence-corrected chi connectivity index (χ0v) is 9.01. The molecular formula is C14H10O3. The van der Waals surface area contributed by atoms with Crippen LogP contribution in [0, 0.1) is 0 Å². The highest BCUT2D eigenvalue weighted by Crippen LogP contribution is 2.21. The molecule has 2 rings (SSSR count). The molecule has 84 valence electrons. The number of allylic oxidation sites excluding steroid dienone is 1. The Morgan fingerprint density at radius 1 is 1.06 bits per heavy atom. The van der Waals surface area contributed by atoms with E-state index in [2.05, 4.69) is 6.58 Å². The van der Waals surface area contributed by atoms with Gasteiger partial charge in [-0.3, -0.25) is 4.79 Å². The number of rotatable bonds is 3. The number of hydrogen-bond acceptors (Lipinski definition) is 2. The maximum Gasteiger partial charge on any atom is 0.336 e. The number of benzene rings is 2. The van der Waals surface area contributed by atoms with E-state index in [1.807, 2.05) is 24.3 Å². The quantitative estimate of drug-likeness (QED) is 0.646. The van der Waals surface area contributed by atoms with E-state index in [0.717, 1.165) is 16.8 Å². The monoisotopic (exact) mass is 226 g/mol. The largest absolute Gasteiger partial charge is 0.478 e. The first-order chi connectivity index (χ1) is 8.13. The maximum absolute atomic E-state index is 11.6. The number of aromatic carboxylic acids is 1. The lowest BCUT2D eigenvalue weighted by Crippen LogP contribution is -2.06. The third-order valence-corrected chi connectivity index (χ3v) is 2.57. The second-order valence-electron chi connectivity index (χ2n) is 3.62. The number of carbonyl (C=O) groups excluding carboxylic acids is 1. The number of hydrogen-bond donors (Lipinski definition) is 1. The molecule has 3 nitrogen and oxygen atoms in total. The second-order valence-corrected chi connectivity index (χ2v) is 3.62. The van der Waals surface area contributed by atoms with E-state index in [0.29, 0.717) is 0 Å². The summed E-state index contributed by atoms with van der Waals surface area (Å²) in [6, 6.07) is 10.4. The first-order valence-corrected chi connectivity index (χ1v) is 5.06. The van der Waals surface area contributed by atoms with E-state index in [9.17, 15) is 9.59 Å². The molecule has 0 heterocycles. The van der Waals surface area contributed by atoms with Crippen molar-refractivity contribution < 1.29 is 14.7 Å². The SMILES string of the molecule is C=CC(=O)c1cc2ccccc2cc1C(=O)O. The predicted octanol–water partition coefficient (Wildman–Crippen LogP) is 2.91. The summed E-state index contributed by atoms with van der Waals surface area (Å²) >= 11 is 0. The normalized spacial score (nSPS) is 10.1. The summed E-state index contributed by atoms with van der Waals surface area (Å²) in [6.45, 7) is 3.38. The molecule has 0 saturated carbocycles. The average molecular weight is 226 g/mol. The van der Waals surface area contributed by atoms with Crippen LogP contribution >= 0.6 is 0 Å². The van der Waals surface area contributed by atoms with Crippen molar-refractivity contribution in [2.24, 2.45) is 0 Å². The standard InChI is InChI=1S/C14H10O3/c1-2-13(15)11-7-9-5-3-4-6-10(9)8-12(11)14(16)17/h2-8H,1H2,(H,16,17). The summed E-state index contributed by atoms with van der Waals surface area (Å²) in [5, 5.41) is 10.7. The van der Waals surface area contributed by atoms with Gasteiger partial charge in [-0.2, -0.15) is 0 Å². The molecule has 0 unspecified atom stereocenters. The average Bonchev–Trinajstić information content (AvgIpc) is 2.36. The van der Waals surface area contributed by atoms with E-state index >= 15 is 0 Å². The van der Waals surface area contributed by atoms with Crippen molar-refractivity contribution in [3.05, 3.63) is 60.2 Å². The van der Waals surface area contributed by atoms with Gasteiger partial charge in [0.15, 0.2) is 5.78 Å². The van der Waals surface area contributed by atoms with Crippen molar-refractivity contribution in [3.63, 3.8) is 0 Å². The van der Waals surface area contributed by atoms with Crippen molar-refractivity contribution in [3.8, 4) is 0 Å². The summed E-state index contributed by atoms with van der Waals surface area (Å²) in [7, 11) is 0. The molecular weight excluding hydrogens is 216 g/mol. The summed E-state index contributed by atoms with van der Waals surface area (Å²) in [5.41, 5.74) is 0.180. The molecule has 1 N–H and O–H groups in total. The number of ketones is 1. The molecule has 0 aromatic heterocycles. The Balaban J connectivity index is 2.79. The number of carboxylic acids is 1. The molecule has 0 bridgehead atoms. The van der Waals surface area contributed by atoms with Crippen LogP contribution in [0.2, 0.25) is 0 Å². The third-order valence-electron chi connectivity index (χ3n) is 2.57. The Morgan fingerprint density at radius 3 is 2.06 bits per heavy atom. The molecule has 0 amide bonds. The smallest absolute Gasteiger partial charge is 0.336 e. The minimum absolute atomic E-state index is 0.00796. The molecule has 0 aliphatic heterocycles. The first kappa shape index (κ1) is 11.1. The second kappa shape index (κ2) is 4.22. The number of carboxylic acid groups (broad SMARTS) is 1. The molecule has 17 heavy (non-hydrogen) atoms. The van der Waals surface area contributed by atoms with Crippen LogP contribution in [0.3, 0.4) is 0 Å². The molecule has 0 aliphatic rings. The van der Waals surface area contributed by atoms with Crippen molar-refractivity contribution >= 4 is 22.5 Å². The van der Waals surface area contributed by atoms with Gasteiger partial charge in [0.2, 0.25) is 0 Å². The maximum atomic E-state index is 11.6. The molecule has 2 aromatic carbocycles. The van der Waals surface area contributed by atoms with E-state index < -0.39 is 5.97 Å². The van der Waals surface area contributed by atoms with Gasteiger partial charge in [-0.1, -0.05) is 30.8 Å². The number of fused-ring (bicyclic) bond motifs is 1. The van der Waals surface area contributed by atoms with Gasteiger partial charge in [0.05, 0.1) is 5.56 Å². The van der Waals surface area contributed by atoms with Crippen molar-refractivity contribution in [1.82, 2.24) is 0 Å². The Hall–Kier alpha value is -2.42. The highest BCUT2D eigenvalue weighted by atomic mass is 16.4. The highest BCUT2D eigenvalue weighted by Gasteiger charge is 2.15. The van der Waals surface area contributed by atoms with Gasteiger partial charge < -0.3 is 5.11 Å². The topological polar surface area (TPSA) is 54.4 Å². The van der Waals surface area contributed by atoms with Crippen molar-refractivity contribution in [2.75, 3.05) is 0 Å². The predicted molar refractivity (Wildman–Crippen MR) is 65.4 cm³/mol. The molecule has 0 saturated heterocycles. The molecule has 0 spiro atoms. The van der Waals surface area contributed by atoms with Gasteiger partial charge in [0.25, 0.3) is 0 Å². The first-order valence-electron chi connectivity index (χ1n) is 5.06. The van der Waals surface area contributed by atoms with Crippen LogP contribution < -0.4 is 0 Å². The van der Waals surface area contributed by atoms with Gasteiger partial charge in [-0.15, -0.1) is 0 Å². The van der Waals surface area contributed by atoms with E-state index in [-0.39, 0.29) is 16.9 Å². The molecule has 0 atom stereocenters. The Morgan fingerprint density at radius 2 is 1.59 bits per heavy atom. The molecule has 0 radical (unpaired) electrons. The molecule has 0 fully saturated rings. The zero-order valence-electron chi connectivity index (χ0n) is 9.01. The van der Waals surface area contributed by atoms with Gasteiger partial charge in [0.1, 0.15) is 0 Å². The lowest BCUT2D eigenvalue weighted by Gasteiger charge is -2.05. The van der Waals surface area contributed by atoms with Crippen LogP contribution in [-0.2, 0) is 0 Å². The van der Waals surface area contributed by atoms with Crippen LogP contribution in [0.5, 0.6) is 0 Å². The van der Waals surface area contributed by atoms with Crippen LogP contribution in [0.25, 0.3) is 10.8 Å². The minimum atomic E-state index is -1.11. The minimum Gasteiger partial charge on any atom is -0.478 e. The summed E-state index contributed by atoms with van der Waals surface area (Å²) in [4.78, 5) is 22.7. The van der Waals surface area contributed by atoms with E-state index in [1.165, 1.54) is 6.07 Å². The van der Waals surface area contributed by atoms with Gasteiger partial charge in [-0.05, 0) is 29.0 Å². The van der Waals surface area contributed by atoms with Crippen molar-refractivity contribution in [2.45, 2.75) is 0 Å². The van der Waals surface area contributed by atoms with Crippen LogP contribution in [0.15, 0.2) is 49.1 Å². The zero-order chi connectivity index (χ0) is 12.4. The fourth-order valence-corrected chi connectivity index (χ4v) is 1.73. The summed E-state index contributed by atoms with van der Waals surface area (Å²) in [5.74, 6) is -1.49. The Bertz CT molecular complexity index is 626. The van der Waals surface area contributed by atoms with Crippen LogP contribution in [0.4, 0.5) is 0 Å². The van der Waals surface area contributed by atoms with Crippen LogP contribution in [0.1, 0.15) is 20.7 Å². The number of carbonyl (C=O) groups is 2. The van der Waals surface area contributed by atoms with E-state index in [1.54, 1.807) is 6.07 Å². The highest BCUT2D eigenvalue weighted by molar-refractivity contribution is 6.13. The van der Waals surface area contributed by atoms with Gasteiger partial charge in [-0.25, -0.2) is 4.79 Å². The molecule has 2 aromatic rings. The Labute approximate surface area is 98.0 Å². The van der Waals surface area contributed by atoms with E-state index in [4.69, 9.17) is 5.11 Å². The Kier molecular flexibility index (Phi) is 2.75. The summed E-state index contributed by atoms with van der Waals surface area (Å²) in [6.07, 6.45) is 1.12. The lowest BCUT2D eigenvalue weighted by molar-refractivity contribution is 0.0693. The molecule has 0 aliphatic carbocycles. The summed E-state index contributed by atoms with van der Waals surface area (Å²) < 4.78 is 0. The van der Waals surface area contributed by atoms with Crippen LogP contribution in [-0.4, -0.2) is 16.9 Å². The third kappa shape index (κ3) is 1.95. The van der Waals surface area contributed by atoms with Gasteiger partial charge in [0, 0.05) is 5.56 Å². The lowest BCUT2D eigenvalue weighted by atomic mass is 9.98.